The Hall–Kier alpha value is -1.69. The summed E-state index contributed by atoms with van der Waals surface area (Å²) in [5, 5.41) is 11.7. The fraction of sp³-hybridized carbons (Fsp3) is 0.250. The monoisotopic (exact) mass is 312 g/mol. The lowest BCUT2D eigenvalue weighted by molar-refractivity contribution is -0.132. The van der Waals surface area contributed by atoms with Gasteiger partial charge in [-0.2, -0.15) is 0 Å². The van der Waals surface area contributed by atoms with Gasteiger partial charge in [0.2, 0.25) is 5.78 Å². The van der Waals surface area contributed by atoms with E-state index in [0.29, 0.717) is 11.4 Å². The van der Waals surface area contributed by atoms with Crippen molar-refractivity contribution in [3.63, 3.8) is 0 Å². The number of carboxylic acids is 1. The SMILES string of the molecule is CN/C(C)=C(/C(=O)O)C(=O)c1ccc(Br)c(C)n1. The zero-order valence-electron chi connectivity index (χ0n) is 10.2. The summed E-state index contributed by atoms with van der Waals surface area (Å²) in [6, 6.07) is 3.16. The third-order valence-electron chi connectivity index (χ3n) is 2.44. The molecule has 18 heavy (non-hydrogen) atoms. The van der Waals surface area contributed by atoms with Crippen LogP contribution in [0.2, 0.25) is 0 Å². The van der Waals surface area contributed by atoms with Crippen LogP contribution in [0.3, 0.4) is 0 Å². The highest BCUT2D eigenvalue weighted by atomic mass is 79.9. The number of carbonyl (C=O) groups excluding carboxylic acids is 1. The van der Waals surface area contributed by atoms with E-state index in [-0.39, 0.29) is 11.3 Å². The van der Waals surface area contributed by atoms with Crippen LogP contribution < -0.4 is 5.32 Å². The lowest BCUT2D eigenvalue weighted by Gasteiger charge is -2.07. The van der Waals surface area contributed by atoms with Crippen molar-refractivity contribution in [3.05, 3.63) is 39.3 Å². The predicted octanol–water partition coefficient (Wildman–Crippen LogP) is 1.91. The molecule has 0 amide bonds. The van der Waals surface area contributed by atoms with Crippen molar-refractivity contribution in [2.75, 3.05) is 7.05 Å². The lowest BCUT2D eigenvalue weighted by atomic mass is 10.1. The number of nitrogens with zero attached hydrogens (tertiary/aromatic N) is 1. The molecule has 0 spiro atoms. The number of nitrogens with one attached hydrogen (secondary N) is 1. The molecule has 0 radical (unpaired) electrons. The molecule has 0 aliphatic rings. The van der Waals surface area contributed by atoms with E-state index in [1.54, 1.807) is 20.0 Å². The normalized spacial score (nSPS) is 11.8. The van der Waals surface area contributed by atoms with Gasteiger partial charge in [0, 0.05) is 17.2 Å². The van der Waals surface area contributed by atoms with E-state index in [2.05, 4.69) is 26.2 Å². The van der Waals surface area contributed by atoms with Crippen LogP contribution in [0.25, 0.3) is 0 Å². The molecular formula is C12H13BrN2O3. The molecule has 0 aliphatic heterocycles. The number of ketones is 1. The molecule has 5 nitrogen and oxygen atoms in total. The van der Waals surface area contributed by atoms with Crippen molar-refractivity contribution in [2.24, 2.45) is 0 Å². The van der Waals surface area contributed by atoms with E-state index >= 15 is 0 Å². The molecule has 0 fully saturated rings. The molecule has 1 aromatic rings. The van der Waals surface area contributed by atoms with E-state index in [9.17, 15) is 9.59 Å². The van der Waals surface area contributed by atoms with Crippen LogP contribution >= 0.6 is 15.9 Å². The first-order valence-corrected chi connectivity index (χ1v) is 5.97. The highest BCUT2D eigenvalue weighted by Gasteiger charge is 2.23. The van der Waals surface area contributed by atoms with Gasteiger partial charge < -0.3 is 10.4 Å². The van der Waals surface area contributed by atoms with Gasteiger partial charge in [-0.1, -0.05) is 0 Å². The third kappa shape index (κ3) is 2.95. The van der Waals surface area contributed by atoms with E-state index in [1.807, 2.05) is 0 Å². The van der Waals surface area contributed by atoms with Crippen LogP contribution in [0, 0.1) is 6.92 Å². The topological polar surface area (TPSA) is 79.3 Å². The first kappa shape index (κ1) is 14.4. The van der Waals surface area contributed by atoms with E-state index in [0.717, 1.165) is 4.47 Å². The first-order chi connectivity index (χ1) is 8.38. The zero-order valence-corrected chi connectivity index (χ0v) is 11.8. The molecule has 1 rings (SSSR count). The number of Topliss-reactive ketones (excluding diaryl/α,β-unsaturated/α-hetero) is 1. The number of halogens is 1. The number of hydrogen-bond donors (Lipinski definition) is 2. The minimum Gasteiger partial charge on any atom is -0.477 e. The first-order valence-electron chi connectivity index (χ1n) is 5.18. The van der Waals surface area contributed by atoms with Crippen LogP contribution in [0.1, 0.15) is 23.1 Å². The molecule has 1 aromatic heterocycles. The van der Waals surface area contributed by atoms with Crippen LogP contribution in [0.5, 0.6) is 0 Å². The standard InChI is InChI=1S/C12H13BrN2O3/c1-6-8(13)4-5-9(15-6)11(16)10(12(17)18)7(2)14-3/h4-5,14H,1-3H3,(H,17,18)/b10-7+. The third-order valence-corrected chi connectivity index (χ3v) is 3.28. The summed E-state index contributed by atoms with van der Waals surface area (Å²) in [6.07, 6.45) is 0. The van der Waals surface area contributed by atoms with E-state index in [1.165, 1.54) is 13.0 Å². The van der Waals surface area contributed by atoms with Gasteiger partial charge in [-0.3, -0.25) is 4.79 Å². The van der Waals surface area contributed by atoms with Gasteiger partial charge in [-0.25, -0.2) is 9.78 Å². The Balaban J connectivity index is 3.27. The van der Waals surface area contributed by atoms with E-state index < -0.39 is 11.8 Å². The summed E-state index contributed by atoms with van der Waals surface area (Å²) >= 11 is 3.27. The Morgan fingerprint density at radius 1 is 1.39 bits per heavy atom. The van der Waals surface area contributed by atoms with Crippen LogP contribution in [-0.2, 0) is 4.79 Å². The highest BCUT2D eigenvalue weighted by Crippen LogP contribution is 2.16. The quantitative estimate of drug-likeness (QED) is 0.384. The molecule has 0 atom stereocenters. The van der Waals surface area contributed by atoms with Gasteiger partial charge in [-0.15, -0.1) is 0 Å². The van der Waals surface area contributed by atoms with Gasteiger partial charge in [0.1, 0.15) is 11.3 Å². The summed E-state index contributed by atoms with van der Waals surface area (Å²) in [5.41, 5.74) is 0.747. The largest absolute Gasteiger partial charge is 0.477 e. The number of rotatable bonds is 4. The summed E-state index contributed by atoms with van der Waals surface area (Å²) in [7, 11) is 1.56. The van der Waals surface area contributed by atoms with Crippen molar-refractivity contribution in [3.8, 4) is 0 Å². The van der Waals surface area contributed by atoms with Crippen molar-refractivity contribution >= 4 is 27.7 Å². The minimum absolute atomic E-state index is 0.114. The highest BCUT2D eigenvalue weighted by molar-refractivity contribution is 9.10. The fourth-order valence-electron chi connectivity index (χ4n) is 1.35. The second-order valence-corrected chi connectivity index (χ2v) is 4.50. The molecule has 0 aromatic carbocycles. The Bertz CT molecular complexity index is 538. The number of hydrogen-bond acceptors (Lipinski definition) is 4. The molecule has 1 heterocycles. The summed E-state index contributed by atoms with van der Waals surface area (Å²) in [4.78, 5) is 27.3. The zero-order chi connectivity index (χ0) is 13.9. The molecule has 2 N–H and O–H groups in total. The second-order valence-electron chi connectivity index (χ2n) is 3.65. The van der Waals surface area contributed by atoms with Crippen LogP contribution in [0.4, 0.5) is 0 Å². The Morgan fingerprint density at radius 3 is 2.44 bits per heavy atom. The second kappa shape index (κ2) is 5.77. The molecule has 0 aliphatic carbocycles. The Morgan fingerprint density at radius 2 is 2.00 bits per heavy atom. The molecule has 6 heteroatoms. The number of aromatic nitrogens is 1. The molecule has 0 saturated carbocycles. The molecular weight excluding hydrogens is 300 g/mol. The average molecular weight is 313 g/mol. The predicted molar refractivity (Wildman–Crippen MR) is 70.4 cm³/mol. The summed E-state index contributed by atoms with van der Waals surface area (Å²) < 4.78 is 0.769. The molecule has 0 bridgehead atoms. The molecule has 96 valence electrons. The van der Waals surface area contributed by atoms with E-state index in [4.69, 9.17) is 5.11 Å². The van der Waals surface area contributed by atoms with Crippen LogP contribution in [0.15, 0.2) is 27.9 Å². The van der Waals surface area contributed by atoms with Gasteiger partial charge in [0.05, 0.1) is 5.69 Å². The average Bonchev–Trinajstić information content (AvgIpc) is 2.32. The molecule has 0 saturated heterocycles. The molecule has 0 unspecified atom stereocenters. The van der Waals surface area contributed by atoms with Gasteiger partial charge in [0.15, 0.2) is 0 Å². The van der Waals surface area contributed by atoms with Gasteiger partial charge in [0.25, 0.3) is 0 Å². The maximum Gasteiger partial charge on any atom is 0.341 e. The number of pyridine rings is 1. The number of aliphatic carboxylic acids is 1. The Kier molecular flexibility index (Phi) is 4.61. The Labute approximate surface area is 113 Å². The lowest BCUT2D eigenvalue weighted by Crippen LogP contribution is -2.20. The number of carbonyl (C=O) groups is 2. The number of aryl methyl sites for hydroxylation is 1. The number of allylic oxidation sites excluding steroid dienone is 1. The van der Waals surface area contributed by atoms with Crippen molar-refractivity contribution in [2.45, 2.75) is 13.8 Å². The number of carboxylic acid groups (broad SMARTS) is 1. The fourth-order valence-corrected chi connectivity index (χ4v) is 1.57. The maximum atomic E-state index is 12.1. The van der Waals surface area contributed by atoms with Gasteiger partial charge >= 0.3 is 5.97 Å². The van der Waals surface area contributed by atoms with Crippen molar-refractivity contribution in [1.29, 1.82) is 0 Å². The van der Waals surface area contributed by atoms with Crippen LogP contribution in [-0.4, -0.2) is 28.9 Å². The van der Waals surface area contributed by atoms with Crippen molar-refractivity contribution < 1.29 is 14.7 Å². The summed E-state index contributed by atoms with van der Waals surface area (Å²) in [6.45, 7) is 3.27. The summed E-state index contributed by atoms with van der Waals surface area (Å²) in [5.74, 6) is -1.88. The minimum atomic E-state index is -1.27. The smallest absolute Gasteiger partial charge is 0.341 e. The maximum absolute atomic E-state index is 12.1. The van der Waals surface area contributed by atoms with Crippen molar-refractivity contribution in [1.82, 2.24) is 10.3 Å². The van der Waals surface area contributed by atoms with Gasteiger partial charge in [-0.05, 0) is 41.9 Å².